The van der Waals surface area contributed by atoms with E-state index in [9.17, 15) is 8.42 Å². The maximum absolute atomic E-state index is 11.7. The maximum atomic E-state index is 11.7. The molecule has 0 aliphatic rings. The second-order valence-corrected chi connectivity index (χ2v) is 8.36. The van der Waals surface area contributed by atoms with Crippen LogP contribution in [0.25, 0.3) is 0 Å². The molecule has 0 aliphatic heterocycles. The minimum absolute atomic E-state index is 0.0780. The van der Waals surface area contributed by atoms with Crippen LogP contribution in [0.1, 0.15) is 12.5 Å². The minimum Gasteiger partial charge on any atom is -0.489 e. The molecular weight excluding hydrogens is 400 g/mol. The molecule has 0 aromatic heterocycles. The van der Waals surface area contributed by atoms with Gasteiger partial charge in [0.05, 0.1) is 11.4 Å². The molecule has 3 N–H and O–H groups in total. The van der Waals surface area contributed by atoms with Crippen molar-refractivity contribution < 1.29 is 13.2 Å². The Labute approximate surface area is 171 Å². The van der Waals surface area contributed by atoms with Crippen LogP contribution in [0, 0.1) is 0 Å². The Balaban J connectivity index is 1.81. The largest absolute Gasteiger partial charge is 0.489 e. The van der Waals surface area contributed by atoms with E-state index in [0.717, 1.165) is 11.3 Å². The Morgan fingerprint density at radius 2 is 1.75 bits per heavy atom. The smallest absolute Gasteiger partial charge is 0.240 e. The van der Waals surface area contributed by atoms with Crippen LogP contribution < -0.4 is 20.1 Å². The minimum atomic E-state index is -3.43. The Bertz CT molecular complexity index is 884. The predicted molar refractivity (Wildman–Crippen MR) is 112 cm³/mol. The Morgan fingerprint density at radius 1 is 1.11 bits per heavy atom. The maximum Gasteiger partial charge on any atom is 0.240 e. The van der Waals surface area contributed by atoms with Gasteiger partial charge >= 0.3 is 0 Å². The number of rotatable bonds is 8. The zero-order chi connectivity index (χ0) is 20.6. The molecule has 0 bridgehead atoms. The van der Waals surface area contributed by atoms with Crippen molar-refractivity contribution in [3.05, 3.63) is 59.1 Å². The van der Waals surface area contributed by atoms with Crippen LogP contribution in [-0.4, -0.2) is 41.1 Å². The predicted octanol–water partition coefficient (Wildman–Crippen LogP) is 2.38. The first-order valence-electron chi connectivity index (χ1n) is 8.73. The molecule has 7 nitrogen and oxygen atoms in total. The first-order valence-corrected chi connectivity index (χ1v) is 10.6. The molecule has 0 aliphatic carbocycles. The summed E-state index contributed by atoms with van der Waals surface area (Å²) in [5.41, 5.74) is 0.934. The van der Waals surface area contributed by atoms with Crippen molar-refractivity contribution in [2.75, 3.05) is 20.6 Å². The van der Waals surface area contributed by atoms with Crippen LogP contribution in [0.2, 0.25) is 5.02 Å². The van der Waals surface area contributed by atoms with E-state index >= 15 is 0 Å². The Morgan fingerprint density at radius 3 is 2.32 bits per heavy atom. The molecular formula is C19H25ClN4O3S. The number of hydrogen-bond acceptors (Lipinski definition) is 4. The van der Waals surface area contributed by atoms with Crippen LogP contribution in [0.4, 0.5) is 0 Å². The second-order valence-electron chi connectivity index (χ2n) is 6.04. The first-order chi connectivity index (χ1) is 13.3. The van der Waals surface area contributed by atoms with E-state index in [1.807, 2.05) is 19.1 Å². The summed E-state index contributed by atoms with van der Waals surface area (Å²) in [4.78, 5) is 4.41. The van der Waals surface area contributed by atoms with Gasteiger partial charge in [-0.05, 0) is 55.9 Å². The lowest BCUT2D eigenvalue weighted by molar-refractivity contribution is 0.224. The molecule has 0 amide bonds. The van der Waals surface area contributed by atoms with E-state index in [2.05, 4.69) is 20.3 Å². The highest BCUT2D eigenvalue weighted by Crippen LogP contribution is 2.16. The molecule has 2 aromatic carbocycles. The molecule has 0 fully saturated rings. The average Bonchev–Trinajstić information content (AvgIpc) is 2.70. The standard InChI is InChI=1S/C19H25ClN4O3S/c1-14(27-17-8-6-16(20)7-9-17)12-23-19(21-2)24-13-15-4-10-18(11-5-15)28(25,26)22-3/h4-11,14,22H,12-13H2,1-3H3,(H2,21,23,24). The summed E-state index contributed by atoms with van der Waals surface area (Å²) in [5.74, 6) is 1.37. The van der Waals surface area contributed by atoms with Crippen LogP contribution >= 0.6 is 11.6 Å². The van der Waals surface area contributed by atoms with E-state index in [1.54, 1.807) is 43.4 Å². The van der Waals surface area contributed by atoms with Gasteiger partial charge in [-0.2, -0.15) is 0 Å². The zero-order valence-electron chi connectivity index (χ0n) is 16.1. The molecule has 2 rings (SSSR count). The number of nitrogens with zero attached hydrogens (tertiary/aromatic N) is 1. The summed E-state index contributed by atoms with van der Waals surface area (Å²) >= 11 is 5.87. The van der Waals surface area contributed by atoms with E-state index in [0.29, 0.717) is 24.1 Å². The van der Waals surface area contributed by atoms with Crippen molar-refractivity contribution in [2.24, 2.45) is 4.99 Å². The van der Waals surface area contributed by atoms with Gasteiger partial charge in [-0.1, -0.05) is 23.7 Å². The molecule has 0 radical (unpaired) electrons. The van der Waals surface area contributed by atoms with Gasteiger partial charge in [0.15, 0.2) is 5.96 Å². The monoisotopic (exact) mass is 424 g/mol. The van der Waals surface area contributed by atoms with Gasteiger partial charge in [0.1, 0.15) is 11.9 Å². The highest BCUT2D eigenvalue weighted by molar-refractivity contribution is 7.89. The Kier molecular flexibility index (Phi) is 8.10. The third-order valence-corrected chi connectivity index (χ3v) is 5.58. The lowest BCUT2D eigenvalue weighted by Gasteiger charge is -2.18. The van der Waals surface area contributed by atoms with Crippen LogP contribution in [0.3, 0.4) is 0 Å². The molecule has 2 aromatic rings. The highest BCUT2D eigenvalue weighted by Gasteiger charge is 2.10. The molecule has 152 valence electrons. The number of guanidine groups is 1. The molecule has 0 heterocycles. The Hall–Kier alpha value is -2.29. The first kappa shape index (κ1) is 22.0. The number of nitrogens with one attached hydrogen (secondary N) is 3. The molecule has 1 atom stereocenters. The van der Waals surface area contributed by atoms with E-state index < -0.39 is 10.0 Å². The van der Waals surface area contributed by atoms with Gasteiger partial charge in [0.2, 0.25) is 10.0 Å². The van der Waals surface area contributed by atoms with Crippen molar-refractivity contribution in [1.29, 1.82) is 0 Å². The van der Waals surface area contributed by atoms with E-state index in [1.165, 1.54) is 7.05 Å². The number of halogens is 1. The van der Waals surface area contributed by atoms with E-state index in [4.69, 9.17) is 16.3 Å². The normalized spacial score (nSPS) is 13.1. The fourth-order valence-corrected chi connectivity index (χ4v) is 3.19. The number of ether oxygens (including phenoxy) is 1. The van der Waals surface area contributed by atoms with Gasteiger partial charge < -0.3 is 15.4 Å². The molecule has 1 unspecified atom stereocenters. The van der Waals surface area contributed by atoms with Crippen molar-refractivity contribution in [2.45, 2.75) is 24.5 Å². The topological polar surface area (TPSA) is 91.8 Å². The molecule has 0 spiro atoms. The van der Waals surface area contributed by atoms with Crippen LogP contribution in [0.5, 0.6) is 5.75 Å². The van der Waals surface area contributed by atoms with Gasteiger partial charge in [0.25, 0.3) is 0 Å². The van der Waals surface area contributed by atoms with Crippen LogP contribution in [0.15, 0.2) is 58.4 Å². The van der Waals surface area contributed by atoms with Crippen molar-refractivity contribution >= 4 is 27.6 Å². The summed E-state index contributed by atoms with van der Waals surface area (Å²) in [5, 5.41) is 7.05. The average molecular weight is 425 g/mol. The highest BCUT2D eigenvalue weighted by atomic mass is 35.5. The third-order valence-electron chi connectivity index (χ3n) is 3.89. The van der Waals surface area contributed by atoms with Crippen molar-refractivity contribution in [1.82, 2.24) is 15.4 Å². The summed E-state index contributed by atoms with van der Waals surface area (Å²) in [6.45, 7) is 3.02. The summed E-state index contributed by atoms with van der Waals surface area (Å²) < 4.78 is 31.6. The fraction of sp³-hybridized carbons (Fsp3) is 0.316. The van der Waals surface area contributed by atoms with Gasteiger partial charge in [0, 0.05) is 18.6 Å². The second kappa shape index (κ2) is 10.3. The van der Waals surface area contributed by atoms with Crippen molar-refractivity contribution in [3.63, 3.8) is 0 Å². The van der Waals surface area contributed by atoms with Crippen LogP contribution in [-0.2, 0) is 16.6 Å². The lowest BCUT2D eigenvalue weighted by Crippen LogP contribution is -2.41. The zero-order valence-corrected chi connectivity index (χ0v) is 17.6. The third kappa shape index (κ3) is 6.70. The number of aliphatic imine (C=N–C) groups is 1. The van der Waals surface area contributed by atoms with Gasteiger partial charge in [-0.15, -0.1) is 0 Å². The number of benzene rings is 2. The molecule has 0 saturated heterocycles. The summed E-state index contributed by atoms with van der Waals surface area (Å²) in [6.07, 6.45) is -0.0780. The van der Waals surface area contributed by atoms with E-state index in [-0.39, 0.29) is 11.0 Å². The number of sulfonamides is 1. The molecule has 0 saturated carbocycles. The fourth-order valence-electron chi connectivity index (χ4n) is 2.34. The summed E-state index contributed by atoms with van der Waals surface area (Å²) in [6, 6.07) is 13.9. The molecule has 28 heavy (non-hydrogen) atoms. The quantitative estimate of drug-likeness (QED) is 0.447. The number of hydrogen-bond donors (Lipinski definition) is 3. The molecule has 9 heteroatoms. The van der Waals surface area contributed by atoms with Crippen molar-refractivity contribution in [3.8, 4) is 5.75 Å². The lowest BCUT2D eigenvalue weighted by atomic mass is 10.2. The van der Waals surface area contributed by atoms with Gasteiger partial charge in [-0.25, -0.2) is 13.1 Å². The summed E-state index contributed by atoms with van der Waals surface area (Å²) in [7, 11) is -0.355. The SMILES string of the molecule is CN=C(NCc1ccc(S(=O)(=O)NC)cc1)NCC(C)Oc1ccc(Cl)cc1. The van der Waals surface area contributed by atoms with Gasteiger partial charge in [-0.3, -0.25) is 4.99 Å².